The molecule has 1 aliphatic carbocycles. The number of carbonyl (C=O) groups is 1. The van der Waals surface area contributed by atoms with E-state index < -0.39 is 17.7 Å². The number of hydrogen-bond donors (Lipinski definition) is 1. The minimum Gasteiger partial charge on any atom is -0.478 e. The summed E-state index contributed by atoms with van der Waals surface area (Å²) in [5.41, 5.74) is 3.52. The zero-order valence-corrected chi connectivity index (χ0v) is 20.3. The normalized spacial score (nSPS) is 17.5. The molecule has 0 amide bonds. The van der Waals surface area contributed by atoms with Crippen molar-refractivity contribution in [1.82, 2.24) is 0 Å². The van der Waals surface area contributed by atoms with E-state index in [2.05, 4.69) is 39.8 Å². The van der Waals surface area contributed by atoms with Crippen LogP contribution >= 0.6 is 0 Å². The quantitative estimate of drug-likeness (QED) is 0.232. The molecule has 0 unspecified atom stereocenters. The molecule has 3 aromatic carbocycles. The number of allylic oxidation sites excluding steroid dienone is 2. The van der Waals surface area contributed by atoms with Crippen LogP contribution in [-0.4, -0.2) is 11.1 Å². The Hall–Kier alpha value is -3.34. The van der Waals surface area contributed by atoms with Gasteiger partial charge in [0.15, 0.2) is 0 Å². The van der Waals surface area contributed by atoms with E-state index in [1.165, 1.54) is 23.3 Å². The first-order chi connectivity index (χ1) is 16.3. The lowest BCUT2D eigenvalue weighted by molar-refractivity contribution is -0.137. The van der Waals surface area contributed by atoms with Gasteiger partial charge in [-0.3, -0.25) is 0 Å². The van der Waals surface area contributed by atoms with Gasteiger partial charge in [0.2, 0.25) is 0 Å². The van der Waals surface area contributed by atoms with Crippen molar-refractivity contribution < 1.29 is 23.1 Å². The number of rotatable bonds is 4. The van der Waals surface area contributed by atoms with Crippen molar-refractivity contribution in [1.29, 1.82) is 0 Å². The highest BCUT2D eigenvalue weighted by Crippen LogP contribution is 2.47. The van der Waals surface area contributed by atoms with E-state index in [0.29, 0.717) is 11.1 Å². The average molecular weight is 479 g/mol. The summed E-state index contributed by atoms with van der Waals surface area (Å²) in [6.07, 6.45) is 1.73. The van der Waals surface area contributed by atoms with Gasteiger partial charge < -0.3 is 5.11 Å². The third kappa shape index (κ3) is 5.19. The highest BCUT2D eigenvalue weighted by atomic mass is 19.4. The lowest BCUT2D eigenvalue weighted by Crippen LogP contribution is -2.33. The Morgan fingerprint density at radius 2 is 1.49 bits per heavy atom. The van der Waals surface area contributed by atoms with Gasteiger partial charge in [-0.05, 0) is 92.6 Å². The zero-order valence-electron chi connectivity index (χ0n) is 20.3. The summed E-state index contributed by atoms with van der Waals surface area (Å²) in [5.74, 6) is -1.17. The summed E-state index contributed by atoms with van der Waals surface area (Å²) in [5, 5.41) is 11.3. The summed E-state index contributed by atoms with van der Waals surface area (Å²) in [6.45, 7) is 9.08. The lowest BCUT2D eigenvalue weighted by Gasteiger charge is -2.42. The molecule has 0 saturated carbocycles. The largest absolute Gasteiger partial charge is 0.478 e. The van der Waals surface area contributed by atoms with Gasteiger partial charge >= 0.3 is 12.1 Å². The van der Waals surface area contributed by atoms with E-state index in [-0.39, 0.29) is 10.8 Å². The number of hydrogen-bond acceptors (Lipinski definition) is 1. The molecule has 182 valence electrons. The molecule has 1 aliphatic rings. The van der Waals surface area contributed by atoms with Crippen LogP contribution in [-0.2, 0) is 21.8 Å². The fourth-order valence-electron chi connectivity index (χ4n) is 4.86. The zero-order chi connectivity index (χ0) is 25.6. The second kappa shape index (κ2) is 8.71. The average Bonchev–Trinajstić information content (AvgIpc) is 2.78. The molecular weight excluding hydrogens is 449 g/mol. The molecular formula is C30H29F3O2. The van der Waals surface area contributed by atoms with E-state index in [9.17, 15) is 18.0 Å². The number of carboxylic acids is 1. The summed E-state index contributed by atoms with van der Waals surface area (Å²) < 4.78 is 39.8. The van der Waals surface area contributed by atoms with Gasteiger partial charge in [-0.15, -0.1) is 0 Å². The second-order valence-corrected chi connectivity index (χ2v) is 10.6. The van der Waals surface area contributed by atoms with Crippen molar-refractivity contribution in [2.75, 3.05) is 0 Å². The van der Waals surface area contributed by atoms with Crippen LogP contribution in [0, 0.1) is 0 Å². The summed E-state index contributed by atoms with van der Waals surface area (Å²) in [7, 11) is 0. The fraction of sp³-hybridized carbons (Fsp3) is 0.300. The van der Waals surface area contributed by atoms with Crippen molar-refractivity contribution in [3.63, 3.8) is 0 Å². The molecule has 5 heteroatoms. The Kier molecular flexibility index (Phi) is 6.16. The van der Waals surface area contributed by atoms with Crippen molar-refractivity contribution in [3.8, 4) is 0 Å². The first-order valence-corrected chi connectivity index (χ1v) is 11.7. The Bertz CT molecular complexity index is 1360. The number of fused-ring (bicyclic) bond motifs is 2. The number of benzene rings is 3. The lowest BCUT2D eigenvalue weighted by atomic mass is 9.63. The molecule has 0 bridgehead atoms. The molecule has 4 rings (SSSR count). The van der Waals surface area contributed by atoms with Gasteiger partial charge in [-0.1, -0.05) is 64.1 Å². The van der Waals surface area contributed by atoms with Crippen LogP contribution in [0.5, 0.6) is 0 Å². The Morgan fingerprint density at radius 1 is 0.857 bits per heavy atom. The van der Waals surface area contributed by atoms with Crippen LogP contribution < -0.4 is 0 Å². The van der Waals surface area contributed by atoms with E-state index in [1.54, 1.807) is 12.1 Å². The number of halogens is 3. The van der Waals surface area contributed by atoms with Gasteiger partial charge in [0.05, 0.1) is 5.56 Å². The van der Waals surface area contributed by atoms with Crippen molar-refractivity contribution in [2.45, 2.75) is 57.5 Å². The molecule has 0 saturated heterocycles. The second-order valence-electron chi connectivity index (χ2n) is 10.6. The molecule has 0 spiro atoms. The van der Waals surface area contributed by atoms with Gasteiger partial charge in [0, 0.05) is 6.08 Å². The SMILES string of the molecule is CC1(C)CCC(C)(C)c2cc3cc(/C=C(/C=C\C(=O)O)c4cccc(C(F)(F)F)c4)ccc3cc21. The summed E-state index contributed by atoms with van der Waals surface area (Å²) in [4.78, 5) is 11.1. The maximum atomic E-state index is 13.3. The van der Waals surface area contributed by atoms with Crippen LogP contribution in [0.25, 0.3) is 22.4 Å². The van der Waals surface area contributed by atoms with Crippen molar-refractivity contribution in [3.05, 3.63) is 94.6 Å². The van der Waals surface area contributed by atoms with Gasteiger partial charge in [-0.2, -0.15) is 13.2 Å². The molecule has 3 aromatic rings. The molecule has 0 fully saturated rings. The summed E-state index contributed by atoms with van der Waals surface area (Å²) >= 11 is 0. The van der Waals surface area contributed by atoms with E-state index >= 15 is 0 Å². The topological polar surface area (TPSA) is 37.3 Å². The summed E-state index contributed by atoms with van der Waals surface area (Å²) in [6, 6.07) is 15.4. The molecule has 2 nitrogen and oxygen atoms in total. The predicted octanol–water partition coefficient (Wildman–Crippen LogP) is 8.39. The smallest absolute Gasteiger partial charge is 0.416 e. The molecule has 0 aromatic heterocycles. The maximum absolute atomic E-state index is 13.3. The minimum absolute atomic E-state index is 0.0539. The third-order valence-electron chi connectivity index (χ3n) is 7.08. The van der Waals surface area contributed by atoms with Crippen LogP contribution in [0.1, 0.15) is 68.4 Å². The predicted molar refractivity (Wildman–Crippen MR) is 135 cm³/mol. The Balaban J connectivity index is 1.85. The van der Waals surface area contributed by atoms with Crippen molar-refractivity contribution in [2.24, 2.45) is 0 Å². The highest BCUT2D eigenvalue weighted by molar-refractivity contribution is 5.94. The standard InChI is InChI=1S/C30H29F3O2/c1-28(2)12-13-29(3,4)26-18-23-15-19(8-9-22(23)17-25(26)28)14-21(10-11-27(34)35)20-6-5-7-24(16-20)30(31,32)33/h5-11,14-18H,12-13H2,1-4H3,(H,34,35)/b11-10-,21-14-. The Labute approximate surface area is 203 Å². The molecule has 1 N–H and O–H groups in total. The number of alkyl halides is 3. The molecule has 0 aliphatic heterocycles. The highest BCUT2D eigenvalue weighted by Gasteiger charge is 2.37. The van der Waals surface area contributed by atoms with E-state index in [1.807, 2.05) is 18.2 Å². The van der Waals surface area contributed by atoms with Crippen molar-refractivity contribution >= 4 is 28.4 Å². The van der Waals surface area contributed by atoms with Crippen LogP contribution in [0.2, 0.25) is 0 Å². The maximum Gasteiger partial charge on any atom is 0.416 e. The van der Waals surface area contributed by atoms with Crippen LogP contribution in [0.15, 0.2) is 66.7 Å². The fourth-order valence-corrected chi connectivity index (χ4v) is 4.86. The molecule has 0 atom stereocenters. The molecule has 0 heterocycles. The molecule has 0 radical (unpaired) electrons. The molecule has 35 heavy (non-hydrogen) atoms. The minimum atomic E-state index is -4.49. The monoisotopic (exact) mass is 478 g/mol. The van der Waals surface area contributed by atoms with E-state index in [0.717, 1.165) is 47.4 Å². The first-order valence-electron chi connectivity index (χ1n) is 11.7. The first kappa shape index (κ1) is 24.8. The number of aliphatic carboxylic acids is 1. The van der Waals surface area contributed by atoms with Crippen LogP contribution in [0.3, 0.4) is 0 Å². The third-order valence-corrected chi connectivity index (χ3v) is 7.08. The van der Waals surface area contributed by atoms with Crippen LogP contribution in [0.4, 0.5) is 13.2 Å². The van der Waals surface area contributed by atoms with E-state index in [4.69, 9.17) is 5.11 Å². The van der Waals surface area contributed by atoms with Gasteiger partial charge in [0.1, 0.15) is 0 Å². The van der Waals surface area contributed by atoms with Gasteiger partial charge in [0.25, 0.3) is 0 Å². The Morgan fingerprint density at radius 3 is 2.09 bits per heavy atom. The van der Waals surface area contributed by atoms with Gasteiger partial charge in [-0.25, -0.2) is 4.79 Å². The number of carboxylic acid groups (broad SMARTS) is 1.